The SMILES string of the molecule is Cc1[nH]ncc1S(=O)(=O)Nc1cccc(-n2ccnc2)c1. The minimum Gasteiger partial charge on any atom is -0.306 e. The van der Waals surface area contributed by atoms with Crippen LogP contribution in [0.3, 0.4) is 0 Å². The number of hydrogen-bond donors (Lipinski definition) is 2. The van der Waals surface area contributed by atoms with E-state index in [-0.39, 0.29) is 4.90 Å². The summed E-state index contributed by atoms with van der Waals surface area (Å²) in [7, 11) is -3.65. The Labute approximate surface area is 121 Å². The van der Waals surface area contributed by atoms with Crippen molar-refractivity contribution in [2.45, 2.75) is 11.8 Å². The van der Waals surface area contributed by atoms with Crippen molar-refractivity contribution in [1.29, 1.82) is 0 Å². The van der Waals surface area contributed by atoms with E-state index in [1.807, 2.05) is 6.07 Å². The van der Waals surface area contributed by atoms with Gasteiger partial charge >= 0.3 is 0 Å². The minimum atomic E-state index is -3.65. The Morgan fingerprint density at radius 2 is 2.19 bits per heavy atom. The van der Waals surface area contributed by atoms with E-state index in [1.54, 1.807) is 48.4 Å². The lowest BCUT2D eigenvalue weighted by Gasteiger charge is -2.09. The van der Waals surface area contributed by atoms with E-state index in [9.17, 15) is 8.42 Å². The van der Waals surface area contributed by atoms with Crippen molar-refractivity contribution in [1.82, 2.24) is 19.7 Å². The summed E-state index contributed by atoms with van der Waals surface area (Å²) in [6.45, 7) is 1.66. The molecule has 3 rings (SSSR count). The average molecular weight is 303 g/mol. The highest BCUT2D eigenvalue weighted by atomic mass is 32.2. The Hall–Kier alpha value is -2.61. The zero-order valence-corrected chi connectivity index (χ0v) is 12.0. The number of anilines is 1. The summed E-state index contributed by atoms with van der Waals surface area (Å²) in [5.41, 5.74) is 1.78. The second-order valence-corrected chi connectivity index (χ2v) is 6.14. The Bertz CT molecular complexity index is 852. The number of sulfonamides is 1. The maximum Gasteiger partial charge on any atom is 0.265 e. The van der Waals surface area contributed by atoms with Crippen LogP contribution in [0, 0.1) is 6.92 Å². The van der Waals surface area contributed by atoms with E-state index in [4.69, 9.17) is 0 Å². The Balaban J connectivity index is 1.92. The lowest BCUT2D eigenvalue weighted by atomic mass is 10.3. The number of nitrogens with one attached hydrogen (secondary N) is 2. The van der Waals surface area contributed by atoms with Gasteiger partial charge in [-0.25, -0.2) is 13.4 Å². The van der Waals surface area contributed by atoms with Crippen molar-refractivity contribution in [3.8, 4) is 5.69 Å². The zero-order chi connectivity index (χ0) is 14.9. The molecule has 0 aliphatic heterocycles. The molecule has 0 spiro atoms. The maximum atomic E-state index is 12.3. The quantitative estimate of drug-likeness (QED) is 0.767. The second kappa shape index (κ2) is 5.06. The molecular formula is C13H13N5O2S. The standard InChI is InChI=1S/C13H13N5O2S/c1-10-13(8-15-16-10)21(19,20)17-11-3-2-4-12(7-11)18-6-5-14-9-18/h2-9,17H,1H3,(H,15,16). The van der Waals surface area contributed by atoms with Gasteiger partial charge in [0.15, 0.2) is 0 Å². The van der Waals surface area contributed by atoms with Crippen LogP contribution in [0.25, 0.3) is 5.69 Å². The van der Waals surface area contributed by atoms with Gasteiger partial charge in [-0.05, 0) is 25.1 Å². The van der Waals surface area contributed by atoms with Crippen LogP contribution in [0.4, 0.5) is 5.69 Å². The van der Waals surface area contributed by atoms with Gasteiger partial charge in [0, 0.05) is 18.1 Å². The molecule has 0 aliphatic rings. The largest absolute Gasteiger partial charge is 0.306 e. The van der Waals surface area contributed by atoms with Gasteiger partial charge in [-0.15, -0.1) is 0 Å². The van der Waals surface area contributed by atoms with E-state index in [1.165, 1.54) is 6.20 Å². The number of rotatable bonds is 4. The molecule has 21 heavy (non-hydrogen) atoms. The molecule has 0 fully saturated rings. The molecule has 0 saturated carbocycles. The molecule has 1 aromatic carbocycles. The summed E-state index contributed by atoms with van der Waals surface area (Å²) in [5, 5.41) is 6.34. The van der Waals surface area contributed by atoms with Gasteiger partial charge in [-0.2, -0.15) is 5.10 Å². The van der Waals surface area contributed by atoms with Crippen molar-refractivity contribution in [2.24, 2.45) is 0 Å². The molecule has 0 atom stereocenters. The van der Waals surface area contributed by atoms with Crippen molar-refractivity contribution >= 4 is 15.7 Å². The van der Waals surface area contributed by atoms with E-state index in [0.717, 1.165) is 5.69 Å². The lowest BCUT2D eigenvalue weighted by molar-refractivity contribution is 0.600. The number of aromatic amines is 1. The number of hydrogen-bond acceptors (Lipinski definition) is 4. The van der Waals surface area contributed by atoms with E-state index < -0.39 is 10.0 Å². The molecule has 0 unspecified atom stereocenters. The molecule has 8 heteroatoms. The first kappa shape index (κ1) is 13.4. The average Bonchev–Trinajstić information content (AvgIpc) is 3.09. The fourth-order valence-corrected chi connectivity index (χ4v) is 3.15. The van der Waals surface area contributed by atoms with Crippen LogP contribution in [0.1, 0.15) is 5.69 Å². The second-order valence-electron chi connectivity index (χ2n) is 4.49. The normalized spacial score (nSPS) is 11.5. The van der Waals surface area contributed by atoms with Gasteiger partial charge in [0.25, 0.3) is 10.0 Å². The van der Waals surface area contributed by atoms with E-state index in [2.05, 4.69) is 19.9 Å². The Kier molecular flexibility index (Phi) is 3.22. The van der Waals surface area contributed by atoms with Gasteiger partial charge in [0.05, 0.1) is 23.9 Å². The van der Waals surface area contributed by atoms with Gasteiger partial charge in [-0.3, -0.25) is 9.82 Å². The van der Waals surface area contributed by atoms with Gasteiger partial charge < -0.3 is 4.57 Å². The first-order valence-electron chi connectivity index (χ1n) is 6.17. The fraction of sp³-hybridized carbons (Fsp3) is 0.0769. The summed E-state index contributed by atoms with van der Waals surface area (Å²) in [5.74, 6) is 0. The van der Waals surface area contributed by atoms with Crippen molar-refractivity contribution < 1.29 is 8.42 Å². The summed E-state index contributed by atoms with van der Waals surface area (Å²) >= 11 is 0. The third-order valence-corrected chi connectivity index (χ3v) is 4.47. The van der Waals surface area contributed by atoms with Crippen LogP contribution in [-0.2, 0) is 10.0 Å². The molecular weight excluding hydrogens is 290 g/mol. The van der Waals surface area contributed by atoms with Crippen LogP contribution in [0.5, 0.6) is 0 Å². The molecule has 3 aromatic rings. The van der Waals surface area contributed by atoms with Crippen molar-refractivity contribution in [2.75, 3.05) is 4.72 Å². The molecule has 0 aliphatic carbocycles. The molecule has 2 N–H and O–H groups in total. The molecule has 2 heterocycles. The number of aromatic nitrogens is 4. The summed E-state index contributed by atoms with van der Waals surface area (Å²) in [4.78, 5) is 4.10. The highest BCUT2D eigenvalue weighted by Crippen LogP contribution is 2.19. The van der Waals surface area contributed by atoms with Gasteiger partial charge in [0.2, 0.25) is 0 Å². The third kappa shape index (κ3) is 2.65. The predicted octanol–water partition coefficient (Wildman–Crippen LogP) is 1.70. The molecule has 0 saturated heterocycles. The fourth-order valence-electron chi connectivity index (χ4n) is 1.96. The highest BCUT2D eigenvalue weighted by molar-refractivity contribution is 7.92. The first-order chi connectivity index (χ1) is 10.1. The van der Waals surface area contributed by atoms with Gasteiger partial charge in [-0.1, -0.05) is 6.07 Å². The molecule has 0 bridgehead atoms. The van der Waals surface area contributed by atoms with E-state index in [0.29, 0.717) is 11.4 Å². The van der Waals surface area contributed by atoms with Crippen LogP contribution in [-0.4, -0.2) is 28.2 Å². The Morgan fingerprint density at radius 3 is 2.86 bits per heavy atom. The molecule has 0 amide bonds. The number of H-pyrrole nitrogens is 1. The van der Waals surface area contributed by atoms with Crippen molar-refractivity contribution in [3.05, 3.63) is 54.9 Å². The third-order valence-electron chi connectivity index (χ3n) is 2.97. The predicted molar refractivity (Wildman–Crippen MR) is 77.7 cm³/mol. The van der Waals surface area contributed by atoms with Crippen LogP contribution in [0.15, 0.2) is 54.1 Å². The monoisotopic (exact) mass is 303 g/mol. The minimum absolute atomic E-state index is 0.135. The van der Waals surface area contributed by atoms with Crippen LogP contribution < -0.4 is 4.72 Å². The number of nitrogens with zero attached hydrogens (tertiary/aromatic N) is 3. The summed E-state index contributed by atoms with van der Waals surface area (Å²) in [6.07, 6.45) is 6.38. The van der Waals surface area contributed by atoms with Crippen LogP contribution >= 0.6 is 0 Å². The topological polar surface area (TPSA) is 92.7 Å². The molecule has 2 aromatic heterocycles. The molecule has 0 radical (unpaired) electrons. The number of imidazole rings is 1. The summed E-state index contributed by atoms with van der Waals surface area (Å²) in [6, 6.07) is 7.06. The Morgan fingerprint density at radius 1 is 1.33 bits per heavy atom. The highest BCUT2D eigenvalue weighted by Gasteiger charge is 2.18. The smallest absolute Gasteiger partial charge is 0.265 e. The summed E-state index contributed by atoms with van der Waals surface area (Å²) < 4.78 is 28.9. The molecule has 7 nitrogen and oxygen atoms in total. The zero-order valence-electron chi connectivity index (χ0n) is 11.2. The van der Waals surface area contributed by atoms with Crippen LogP contribution in [0.2, 0.25) is 0 Å². The number of aryl methyl sites for hydroxylation is 1. The molecule has 108 valence electrons. The van der Waals surface area contributed by atoms with Crippen molar-refractivity contribution in [3.63, 3.8) is 0 Å². The first-order valence-corrected chi connectivity index (χ1v) is 7.66. The maximum absolute atomic E-state index is 12.3. The lowest BCUT2D eigenvalue weighted by Crippen LogP contribution is -2.13. The van der Waals surface area contributed by atoms with Gasteiger partial charge in [0.1, 0.15) is 4.90 Å². The van der Waals surface area contributed by atoms with E-state index >= 15 is 0 Å². The number of benzene rings is 1.